The predicted molar refractivity (Wildman–Crippen MR) is 128 cm³/mol. The number of nitrogens with zero attached hydrogens (tertiary/aromatic N) is 1. The van der Waals surface area contributed by atoms with Gasteiger partial charge in [0.1, 0.15) is 6.54 Å². The molecule has 4 nitrogen and oxygen atoms in total. The number of rotatable bonds is 5. The van der Waals surface area contributed by atoms with Crippen molar-refractivity contribution in [2.45, 2.75) is 50.4 Å². The standard InChI is InChI=1S/C25H27ClN2O2S/c1-17-6-8-19(9-7-17)15-27-24(29)16-28-21-4-2-3-5-22(21)31-23(25(28)30)14-18-10-12-20(26)13-11-18/h6-14,21-22H,2-5,15-16H2,1H3,(H,27,29)/b23-14-. The van der Waals surface area contributed by atoms with Gasteiger partial charge < -0.3 is 10.2 Å². The monoisotopic (exact) mass is 454 g/mol. The summed E-state index contributed by atoms with van der Waals surface area (Å²) < 4.78 is 0. The largest absolute Gasteiger partial charge is 0.350 e. The fourth-order valence-corrected chi connectivity index (χ4v) is 5.79. The average Bonchev–Trinajstić information content (AvgIpc) is 2.77. The first-order valence-electron chi connectivity index (χ1n) is 10.8. The number of thioether (sulfide) groups is 1. The number of hydrogen-bond acceptors (Lipinski definition) is 3. The SMILES string of the molecule is Cc1ccc(CNC(=O)CN2C(=O)/C(=C/c3ccc(Cl)cc3)SC3CCCCC32)cc1. The number of hydrogen-bond donors (Lipinski definition) is 1. The minimum atomic E-state index is -0.115. The van der Waals surface area contributed by atoms with E-state index in [0.717, 1.165) is 30.4 Å². The Hall–Kier alpha value is -2.24. The number of fused-ring (bicyclic) bond motifs is 1. The molecule has 162 valence electrons. The second kappa shape index (κ2) is 9.92. The van der Waals surface area contributed by atoms with E-state index >= 15 is 0 Å². The van der Waals surface area contributed by atoms with Crippen LogP contribution in [-0.2, 0) is 16.1 Å². The summed E-state index contributed by atoms with van der Waals surface area (Å²) in [6.45, 7) is 2.61. The highest BCUT2D eigenvalue weighted by molar-refractivity contribution is 8.04. The third kappa shape index (κ3) is 5.52. The first-order chi connectivity index (χ1) is 15.0. The summed E-state index contributed by atoms with van der Waals surface area (Å²) >= 11 is 7.66. The summed E-state index contributed by atoms with van der Waals surface area (Å²) in [6.07, 6.45) is 6.23. The van der Waals surface area contributed by atoms with Gasteiger partial charge in [-0.1, -0.05) is 66.4 Å². The molecule has 2 aromatic carbocycles. The smallest absolute Gasteiger partial charge is 0.261 e. The topological polar surface area (TPSA) is 49.4 Å². The summed E-state index contributed by atoms with van der Waals surface area (Å²) in [6, 6.07) is 15.7. The second-order valence-electron chi connectivity index (χ2n) is 8.26. The average molecular weight is 455 g/mol. The van der Waals surface area contributed by atoms with Crippen LogP contribution >= 0.6 is 23.4 Å². The molecule has 2 aromatic rings. The molecule has 1 saturated carbocycles. The maximum Gasteiger partial charge on any atom is 0.261 e. The number of benzene rings is 2. The molecule has 2 amide bonds. The number of carbonyl (C=O) groups is 2. The predicted octanol–water partition coefficient (Wildman–Crippen LogP) is 5.19. The third-order valence-corrected chi connectivity index (χ3v) is 7.56. The quantitative estimate of drug-likeness (QED) is 0.632. The van der Waals surface area contributed by atoms with Crippen molar-refractivity contribution in [2.24, 2.45) is 0 Å². The minimum Gasteiger partial charge on any atom is -0.350 e. The van der Waals surface area contributed by atoms with Crippen LogP contribution in [0.25, 0.3) is 6.08 Å². The lowest BCUT2D eigenvalue weighted by Crippen LogP contribution is -2.54. The van der Waals surface area contributed by atoms with Crippen LogP contribution < -0.4 is 5.32 Å². The van der Waals surface area contributed by atoms with Crippen molar-refractivity contribution < 1.29 is 9.59 Å². The molecule has 0 spiro atoms. The van der Waals surface area contributed by atoms with Gasteiger partial charge in [0.25, 0.3) is 5.91 Å². The van der Waals surface area contributed by atoms with Crippen LogP contribution in [0.2, 0.25) is 5.02 Å². The molecule has 0 aromatic heterocycles. The Kier molecular flexibility index (Phi) is 7.03. The van der Waals surface area contributed by atoms with E-state index in [-0.39, 0.29) is 24.4 Å². The summed E-state index contributed by atoms with van der Waals surface area (Å²) in [7, 11) is 0. The van der Waals surface area contributed by atoms with Gasteiger partial charge in [-0.2, -0.15) is 0 Å². The third-order valence-electron chi connectivity index (χ3n) is 5.91. The highest BCUT2D eigenvalue weighted by atomic mass is 35.5. The molecular weight excluding hydrogens is 428 g/mol. The maximum atomic E-state index is 13.3. The Balaban J connectivity index is 1.48. The number of halogens is 1. The van der Waals surface area contributed by atoms with Gasteiger partial charge >= 0.3 is 0 Å². The molecule has 4 rings (SSSR count). The molecule has 2 fully saturated rings. The summed E-state index contributed by atoms with van der Waals surface area (Å²) in [4.78, 5) is 28.6. The molecule has 0 radical (unpaired) electrons. The minimum absolute atomic E-state index is 0.0476. The van der Waals surface area contributed by atoms with Gasteiger partial charge in [-0.25, -0.2) is 0 Å². The first-order valence-corrected chi connectivity index (χ1v) is 12.0. The van der Waals surface area contributed by atoms with Crippen molar-refractivity contribution >= 4 is 41.3 Å². The lowest BCUT2D eigenvalue weighted by Gasteiger charge is -2.43. The van der Waals surface area contributed by atoms with E-state index in [2.05, 4.69) is 5.32 Å². The fourth-order valence-electron chi connectivity index (χ4n) is 4.19. The van der Waals surface area contributed by atoms with Crippen molar-refractivity contribution in [1.29, 1.82) is 0 Å². The summed E-state index contributed by atoms with van der Waals surface area (Å²) in [5.41, 5.74) is 3.19. The van der Waals surface area contributed by atoms with Gasteiger partial charge in [-0.05, 0) is 49.1 Å². The maximum absolute atomic E-state index is 13.3. The van der Waals surface area contributed by atoms with Gasteiger partial charge in [0.05, 0.1) is 4.91 Å². The van der Waals surface area contributed by atoms with Gasteiger partial charge in [-0.15, -0.1) is 11.8 Å². The van der Waals surface area contributed by atoms with Gasteiger partial charge in [0.15, 0.2) is 0 Å². The van der Waals surface area contributed by atoms with Gasteiger partial charge in [0.2, 0.25) is 5.91 Å². The van der Waals surface area contributed by atoms with E-state index < -0.39 is 0 Å². The normalized spacial score (nSPS) is 22.3. The van der Waals surface area contributed by atoms with E-state index in [1.807, 2.05) is 61.5 Å². The molecule has 1 saturated heterocycles. The molecule has 2 unspecified atom stereocenters. The van der Waals surface area contributed by atoms with Crippen molar-refractivity contribution in [2.75, 3.05) is 6.54 Å². The van der Waals surface area contributed by atoms with Gasteiger partial charge in [-0.3, -0.25) is 9.59 Å². The fraction of sp³-hybridized carbons (Fsp3) is 0.360. The Bertz CT molecular complexity index is 972. The number of amides is 2. The molecular formula is C25H27ClN2O2S. The number of nitrogens with one attached hydrogen (secondary N) is 1. The molecule has 0 bridgehead atoms. The van der Waals surface area contributed by atoms with Crippen molar-refractivity contribution in [1.82, 2.24) is 10.2 Å². The number of aryl methyl sites for hydroxylation is 1. The van der Waals surface area contributed by atoms with Crippen molar-refractivity contribution in [3.8, 4) is 0 Å². The van der Waals surface area contributed by atoms with Crippen LogP contribution in [0.5, 0.6) is 0 Å². The molecule has 2 atom stereocenters. The molecule has 1 aliphatic heterocycles. The second-order valence-corrected chi connectivity index (χ2v) is 9.98. The van der Waals surface area contributed by atoms with E-state index in [9.17, 15) is 9.59 Å². The Morgan fingerprint density at radius 1 is 1.13 bits per heavy atom. The van der Waals surface area contributed by atoms with Crippen LogP contribution in [0.15, 0.2) is 53.4 Å². The van der Waals surface area contributed by atoms with Crippen LogP contribution in [0.3, 0.4) is 0 Å². The van der Waals surface area contributed by atoms with Crippen LogP contribution in [0.4, 0.5) is 0 Å². The summed E-state index contributed by atoms with van der Waals surface area (Å²) in [5, 5.41) is 3.99. The summed E-state index contributed by atoms with van der Waals surface area (Å²) in [5.74, 6) is -0.162. The first kappa shape index (κ1) is 22.0. The molecule has 1 aliphatic carbocycles. The van der Waals surface area contributed by atoms with E-state index in [1.54, 1.807) is 16.7 Å². The van der Waals surface area contributed by atoms with Crippen molar-refractivity contribution in [3.63, 3.8) is 0 Å². The van der Waals surface area contributed by atoms with E-state index in [4.69, 9.17) is 11.6 Å². The zero-order valence-electron chi connectivity index (χ0n) is 17.6. The van der Waals surface area contributed by atoms with Crippen molar-refractivity contribution in [3.05, 3.63) is 75.1 Å². The zero-order valence-corrected chi connectivity index (χ0v) is 19.2. The highest BCUT2D eigenvalue weighted by Gasteiger charge is 2.41. The van der Waals surface area contributed by atoms with Gasteiger partial charge in [0, 0.05) is 22.9 Å². The molecule has 6 heteroatoms. The van der Waals surface area contributed by atoms with Crippen LogP contribution in [-0.4, -0.2) is 34.6 Å². The molecule has 2 aliphatic rings. The zero-order chi connectivity index (χ0) is 21.8. The molecule has 31 heavy (non-hydrogen) atoms. The van der Waals surface area contributed by atoms with E-state index in [1.165, 1.54) is 12.0 Å². The van der Waals surface area contributed by atoms with E-state index in [0.29, 0.717) is 21.7 Å². The Morgan fingerprint density at radius 2 is 1.84 bits per heavy atom. The Labute approximate surface area is 193 Å². The Morgan fingerprint density at radius 3 is 2.58 bits per heavy atom. The lowest BCUT2D eigenvalue weighted by molar-refractivity contribution is -0.135. The molecule has 1 heterocycles. The highest BCUT2D eigenvalue weighted by Crippen LogP contribution is 2.42. The molecule has 1 N–H and O–H groups in total. The number of carbonyl (C=O) groups excluding carboxylic acids is 2. The van der Waals surface area contributed by atoms with Crippen LogP contribution in [0, 0.1) is 6.92 Å². The van der Waals surface area contributed by atoms with Crippen LogP contribution in [0.1, 0.15) is 42.4 Å². The lowest BCUT2D eigenvalue weighted by atomic mass is 9.93.